The Labute approximate surface area is 125 Å². The summed E-state index contributed by atoms with van der Waals surface area (Å²) in [6.07, 6.45) is 0.518. The molecule has 3 nitrogen and oxygen atoms in total. The summed E-state index contributed by atoms with van der Waals surface area (Å²) in [5, 5.41) is 0. The summed E-state index contributed by atoms with van der Waals surface area (Å²) in [7, 11) is 3.54. The van der Waals surface area contributed by atoms with Crippen molar-refractivity contribution in [1.82, 2.24) is 4.90 Å². The molecule has 0 N–H and O–H groups in total. The third-order valence-electron chi connectivity index (χ3n) is 2.64. The Morgan fingerprint density at radius 3 is 2.42 bits per heavy atom. The summed E-state index contributed by atoms with van der Waals surface area (Å²) in [6.45, 7) is 2.91. The lowest BCUT2D eigenvalue weighted by atomic mass is 10.3. The molecule has 1 rings (SSSR count). The SMILES string of the molecule is CCN(C(=S)SCCC(=O)N(C)C)c1ccccc1. The van der Waals surface area contributed by atoms with E-state index in [4.69, 9.17) is 12.2 Å². The number of thiocarbonyl (C=S) groups is 1. The van der Waals surface area contributed by atoms with E-state index in [9.17, 15) is 4.79 Å². The zero-order chi connectivity index (χ0) is 14.3. The zero-order valence-corrected chi connectivity index (χ0v) is 13.3. The molecule has 0 spiro atoms. The van der Waals surface area contributed by atoms with Crippen LogP contribution in [0, 0.1) is 0 Å². The van der Waals surface area contributed by atoms with Crippen molar-refractivity contribution in [3.05, 3.63) is 30.3 Å². The average molecular weight is 296 g/mol. The summed E-state index contributed by atoms with van der Waals surface area (Å²) in [5.74, 6) is 0.859. The second kappa shape index (κ2) is 8.17. The summed E-state index contributed by atoms with van der Waals surface area (Å²) in [4.78, 5) is 15.2. The number of thioether (sulfide) groups is 1. The van der Waals surface area contributed by atoms with E-state index in [1.165, 1.54) is 0 Å². The molecule has 0 radical (unpaired) electrons. The molecule has 1 aromatic carbocycles. The summed E-state index contributed by atoms with van der Waals surface area (Å²) < 4.78 is 0.820. The fourth-order valence-electron chi connectivity index (χ4n) is 1.55. The number of benzene rings is 1. The highest BCUT2D eigenvalue weighted by Gasteiger charge is 2.11. The molecule has 0 aromatic heterocycles. The Morgan fingerprint density at radius 2 is 1.89 bits per heavy atom. The maximum atomic E-state index is 11.5. The van der Waals surface area contributed by atoms with Crippen LogP contribution in [0.3, 0.4) is 0 Å². The predicted molar refractivity (Wildman–Crippen MR) is 87.8 cm³/mol. The van der Waals surface area contributed by atoms with Crippen molar-refractivity contribution in [1.29, 1.82) is 0 Å². The van der Waals surface area contributed by atoms with Crippen LogP contribution < -0.4 is 4.90 Å². The summed E-state index contributed by atoms with van der Waals surface area (Å²) in [5.41, 5.74) is 1.10. The fraction of sp³-hybridized carbons (Fsp3) is 0.429. The Kier molecular flexibility index (Phi) is 6.87. The van der Waals surface area contributed by atoms with Crippen molar-refractivity contribution < 1.29 is 4.79 Å². The van der Waals surface area contributed by atoms with E-state index in [2.05, 4.69) is 11.8 Å². The lowest BCUT2D eigenvalue weighted by Gasteiger charge is -2.23. The molecule has 0 saturated carbocycles. The molecule has 1 amide bonds. The Hall–Kier alpha value is -1.07. The molecule has 0 aliphatic heterocycles. The van der Waals surface area contributed by atoms with Gasteiger partial charge in [-0.2, -0.15) is 0 Å². The molecule has 0 fully saturated rings. The standard InChI is InChI=1S/C14H20N2OS2/c1-4-16(12-8-6-5-7-9-12)14(18)19-11-10-13(17)15(2)3/h5-9H,4,10-11H2,1-3H3. The van der Waals surface area contributed by atoms with Gasteiger partial charge in [0.05, 0.1) is 0 Å². The molecule has 0 unspecified atom stereocenters. The van der Waals surface area contributed by atoms with Gasteiger partial charge in [-0.1, -0.05) is 42.2 Å². The molecule has 0 aliphatic rings. The molecule has 0 saturated heterocycles. The third kappa shape index (κ3) is 5.20. The quantitative estimate of drug-likeness (QED) is 0.779. The van der Waals surface area contributed by atoms with E-state index < -0.39 is 0 Å². The molecule has 0 heterocycles. The lowest BCUT2D eigenvalue weighted by Crippen LogP contribution is -2.27. The van der Waals surface area contributed by atoms with Gasteiger partial charge < -0.3 is 9.80 Å². The second-order valence-corrected chi connectivity index (χ2v) is 5.96. The van der Waals surface area contributed by atoms with E-state index in [-0.39, 0.29) is 5.91 Å². The third-order valence-corrected chi connectivity index (χ3v) is 4.09. The number of nitrogens with zero attached hydrogens (tertiary/aromatic N) is 2. The van der Waals surface area contributed by atoms with Crippen LogP contribution in [0.4, 0.5) is 5.69 Å². The molecule has 0 atom stereocenters. The largest absolute Gasteiger partial charge is 0.349 e. The maximum Gasteiger partial charge on any atom is 0.222 e. The van der Waals surface area contributed by atoms with Crippen LogP contribution in [0.5, 0.6) is 0 Å². The van der Waals surface area contributed by atoms with Gasteiger partial charge in [-0.15, -0.1) is 0 Å². The average Bonchev–Trinajstić information content (AvgIpc) is 2.40. The van der Waals surface area contributed by atoms with Gasteiger partial charge in [0.1, 0.15) is 4.32 Å². The van der Waals surface area contributed by atoms with E-state index in [1.54, 1.807) is 30.8 Å². The summed E-state index contributed by atoms with van der Waals surface area (Å²) in [6, 6.07) is 10.1. The Balaban J connectivity index is 2.50. The monoisotopic (exact) mass is 296 g/mol. The number of carbonyl (C=O) groups is 1. The number of anilines is 1. The number of hydrogen-bond donors (Lipinski definition) is 0. The minimum absolute atomic E-state index is 0.137. The second-order valence-electron chi connectivity index (χ2n) is 4.23. The number of carbonyl (C=O) groups excluding carboxylic acids is 1. The molecule has 104 valence electrons. The van der Waals surface area contributed by atoms with Crippen LogP contribution in [-0.4, -0.2) is 41.5 Å². The van der Waals surface area contributed by atoms with Crippen molar-refractivity contribution in [3.63, 3.8) is 0 Å². The van der Waals surface area contributed by atoms with Crippen molar-refractivity contribution >= 4 is 39.9 Å². The first-order chi connectivity index (χ1) is 9.06. The first-order valence-electron chi connectivity index (χ1n) is 6.25. The van der Waals surface area contributed by atoms with Gasteiger partial charge in [0.2, 0.25) is 5.91 Å². The van der Waals surface area contributed by atoms with Gasteiger partial charge in [0.25, 0.3) is 0 Å². The van der Waals surface area contributed by atoms with Crippen molar-refractivity contribution in [3.8, 4) is 0 Å². The molecular formula is C14H20N2OS2. The van der Waals surface area contributed by atoms with Gasteiger partial charge in [0, 0.05) is 38.5 Å². The molecular weight excluding hydrogens is 276 g/mol. The normalized spacial score (nSPS) is 10.1. The maximum absolute atomic E-state index is 11.5. The summed E-state index contributed by atoms with van der Waals surface area (Å²) >= 11 is 7.00. The minimum atomic E-state index is 0.137. The van der Waals surface area contributed by atoms with Crippen LogP contribution in [0.15, 0.2) is 30.3 Å². The zero-order valence-electron chi connectivity index (χ0n) is 11.6. The van der Waals surface area contributed by atoms with Crippen LogP contribution in [0.1, 0.15) is 13.3 Å². The minimum Gasteiger partial charge on any atom is -0.349 e. The molecule has 5 heteroatoms. The molecule has 19 heavy (non-hydrogen) atoms. The van der Waals surface area contributed by atoms with Crippen LogP contribution in [-0.2, 0) is 4.79 Å². The molecule has 0 bridgehead atoms. The number of hydrogen-bond acceptors (Lipinski definition) is 3. The highest BCUT2D eigenvalue weighted by atomic mass is 32.2. The lowest BCUT2D eigenvalue weighted by molar-refractivity contribution is -0.128. The van der Waals surface area contributed by atoms with Crippen molar-refractivity contribution in [2.75, 3.05) is 31.3 Å². The first-order valence-corrected chi connectivity index (χ1v) is 7.65. The highest BCUT2D eigenvalue weighted by molar-refractivity contribution is 8.23. The molecule has 0 aliphatic carbocycles. The smallest absolute Gasteiger partial charge is 0.222 e. The van der Waals surface area contributed by atoms with E-state index in [1.807, 2.05) is 30.3 Å². The van der Waals surface area contributed by atoms with Crippen molar-refractivity contribution in [2.45, 2.75) is 13.3 Å². The van der Waals surface area contributed by atoms with Gasteiger partial charge in [-0.05, 0) is 19.1 Å². The van der Waals surface area contributed by atoms with Gasteiger partial charge >= 0.3 is 0 Å². The van der Waals surface area contributed by atoms with Gasteiger partial charge in [-0.3, -0.25) is 4.79 Å². The van der Waals surface area contributed by atoms with E-state index >= 15 is 0 Å². The topological polar surface area (TPSA) is 23.6 Å². The first kappa shape index (κ1) is 16.0. The van der Waals surface area contributed by atoms with Crippen LogP contribution in [0.2, 0.25) is 0 Å². The van der Waals surface area contributed by atoms with Crippen LogP contribution in [0.25, 0.3) is 0 Å². The predicted octanol–water partition coefficient (Wildman–Crippen LogP) is 3.01. The Bertz CT molecular complexity index is 421. The number of rotatable bonds is 5. The van der Waals surface area contributed by atoms with Gasteiger partial charge in [0.15, 0.2) is 0 Å². The fourth-order valence-corrected chi connectivity index (χ4v) is 2.88. The van der Waals surface area contributed by atoms with E-state index in [0.717, 1.165) is 22.3 Å². The van der Waals surface area contributed by atoms with E-state index in [0.29, 0.717) is 6.42 Å². The van der Waals surface area contributed by atoms with Crippen molar-refractivity contribution in [2.24, 2.45) is 0 Å². The Morgan fingerprint density at radius 1 is 1.26 bits per heavy atom. The van der Waals surface area contributed by atoms with Crippen LogP contribution >= 0.6 is 24.0 Å². The number of amides is 1. The molecule has 1 aromatic rings. The number of para-hydroxylation sites is 1. The van der Waals surface area contributed by atoms with Gasteiger partial charge in [-0.25, -0.2) is 0 Å². The highest BCUT2D eigenvalue weighted by Crippen LogP contribution is 2.19.